The van der Waals surface area contributed by atoms with Crippen molar-refractivity contribution in [2.24, 2.45) is 13.0 Å². The third kappa shape index (κ3) is 5.82. The van der Waals surface area contributed by atoms with Crippen LogP contribution in [0.3, 0.4) is 0 Å². The van der Waals surface area contributed by atoms with Crippen molar-refractivity contribution < 1.29 is 0 Å². The summed E-state index contributed by atoms with van der Waals surface area (Å²) in [5, 5.41) is 8.03. The second-order valence-corrected chi connectivity index (χ2v) is 6.72. The van der Waals surface area contributed by atoms with Gasteiger partial charge in [-0.05, 0) is 50.6 Å². The van der Waals surface area contributed by atoms with Gasteiger partial charge in [-0.15, -0.1) is 0 Å². The SMILES string of the molecule is CCCNC(CCc1ccnn1C)CCC1CCCCC1. The predicted octanol–water partition coefficient (Wildman–Crippen LogP) is 4.08. The average Bonchev–Trinajstić information content (AvgIpc) is 2.93. The smallest absolute Gasteiger partial charge is 0.0492 e. The summed E-state index contributed by atoms with van der Waals surface area (Å²) in [6, 6.07) is 2.83. The molecule has 21 heavy (non-hydrogen) atoms. The predicted molar refractivity (Wildman–Crippen MR) is 89.4 cm³/mol. The lowest BCUT2D eigenvalue weighted by Crippen LogP contribution is -2.31. The maximum absolute atomic E-state index is 4.27. The normalized spacial score (nSPS) is 18.0. The molecule has 1 aromatic rings. The molecule has 1 aliphatic carbocycles. The fourth-order valence-corrected chi connectivity index (χ4v) is 3.58. The van der Waals surface area contributed by atoms with Gasteiger partial charge < -0.3 is 5.32 Å². The van der Waals surface area contributed by atoms with Crippen molar-refractivity contribution in [3.8, 4) is 0 Å². The Kier molecular flexibility index (Phi) is 7.28. The minimum absolute atomic E-state index is 0.682. The molecule has 3 heteroatoms. The fourth-order valence-electron chi connectivity index (χ4n) is 3.58. The first-order valence-corrected chi connectivity index (χ1v) is 9.00. The Morgan fingerprint density at radius 3 is 2.76 bits per heavy atom. The standard InChI is InChI=1S/C18H33N3/c1-3-14-19-17(10-9-16-7-5-4-6-8-16)11-12-18-13-15-20-21(18)2/h13,15-17,19H,3-12,14H2,1-2H3. The number of aromatic nitrogens is 2. The zero-order valence-electron chi connectivity index (χ0n) is 14.0. The van der Waals surface area contributed by atoms with Gasteiger partial charge in [-0.3, -0.25) is 4.68 Å². The van der Waals surface area contributed by atoms with Crippen molar-refractivity contribution in [2.45, 2.75) is 77.2 Å². The topological polar surface area (TPSA) is 29.9 Å². The summed E-state index contributed by atoms with van der Waals surface area (Å²) in [5.74, 6) is 1.00. The fraction of sp³-hybridized carbons (Fsp3) is 0.833. The molecule has 3 nitrogen and oxygen atoms in total. The highest BCUT2D eigenvalue weighted by Crippen LogP contribution is 2.28. The summed E-state index contributed by atoms with van der Waals surface area (Å²) in [6.45, 7) is 3.41. The quantitative estimate of drug-likeness (QED) is 0.743. The highest BCUT2D eigenvalue weighted by Gasteiger charge is 2.16. The molecule has 1 fully saturated rings. The molecule has 120 valence electrons. The first kappa shape index (κ1) is 16.5. The van der Waals surface area contributed by atoms with Crippen LogP contribution in [-0.4, -0.2) is 22.4 Å². The molecular formula is C18H33N3. The molecule has 0 aliphatic heterocycles. The molecule has 0 radical (unpaired) electrons. The van der Waals surface area contributed by atoms with Gasteiger partial charge in [0.2, 0.25) is 0 Å². The van der Waals surface area contributed by atoms with Crippen molar-refractivity contribution in [1.29, 1.82) is 0 Å². The molecule has 0 amide bonds. The summed E-state index contributed by atoms with van der Waals surface area (Å²) < 4.78 is 2.01. The Morgan fingerprint density at radius 2 is 2.10 bits per heavy atom. The minimum atomic E-state index is 0.682. The maximum atomic E-state index is 4.27. The van der Waals surface area contributed by atoms with E-state index in [1.807, 2.05) is 17.9 Å². The highest BCUT2D eigenvalue weighted by molar-refractivity contribution is 5.00. The lowest BCUT2D eigenvalue weighted by atomic mass is 9.85. The Balaban J connectivity index is 1.75. The number of nitrogens with zero attached hydrogens (tertiary/aromatic N) is 2. The third-order valence-electron chi connectivity index (χ3n) is 5.00. The maximum Gasteiger partial charge on any atom is 0.0492 e. The van der Waals surface area contributed by atoms with Crippen LogP contribution in [0.25, 0.3) is 0 Å². The van der Waals surface area contributed by atoms with Gasteiger partial charge in [0.25, 0.3) is 0 Å². The van der Waals surface area contributed by atoms with E-state index in [0.717, 1.165) is 18.9 Å². The van der Waals surface area contributed by atoms with Crippen molar-refractivity contribution in [2.75, 3.05) is 6.54 Å². The summed E-state index contributed by atoms with van der Waals surface area (Å²) in [6.07, 6.45) is 15.6. The van der Waals surface area contributed by atoms with E-state index < -0.39 is 0 Å². The van der Waals surface area contributed by atoms with Crippen LogP contribution < -0.4 is 5.32 Å². The second-order valence-electron chi connectivity index (χ2n) is 6.72. The van der Waals surface area contributed by atoms with Crippen molar-refractivity contribution >= 4 is 0 Å². The monoisotopic (exact) mass is 291 g/mol. The van der Waals surface area contributed by atoms with Gasteiger partial charge in [-0.2, -0.15) is 5.10 Å². The number of aryl methyl sites for hydroxylation is 2. The zero-order chi connectivity index (χ0) is 14.9. The van der Waals surface area contributed by atoms with E-state index in [2.05, 4.69) is 23.4 Å². The van der Waals surface area contributed by atoms with Crippen LogP contribution in [0.4, 0.5) is 0 Å². The van der Waals surface area contributed by atoms with Crippen LogP contribution >= 0.6 is 0 Å². The van der Waals surface area contributed by atoms with Crippen LogP contribution in [0.15, 0.2) is 12.3 Å². The van der Waals surface area contributed by atoms with E-state index in [0.29, 0.717) is 6.04 Å². The number of hydrogen-bond donors (Lipinski definition) is 1. The van der Waals surface area contributed by atoms with E-state index >= 15 is 0 Å². The summed E-state index contributed by atoms with van der Waals surface area (Å²) in [5.41, 5.74) is 1.36. The molecular weight excluding hydrogens is 258 g/mol. The van der Waals surface area contributed by atoms with Gasteiger partial charge in [0.15, 0.2) is 0 Å². The molecule has 1 heterocycles. The van der Waals surface area contributed by atoms with Crippen LogP contribution in [0.1, 0.15) is 70.4 Å². The largest absolute Gasteiger partial charge is 0.314 e. The van der Waals surface area contributed by atoms with Crippen molar-refractivity contribution in [1.82, 2.24) is 15.1 Å². The molecule has 2 rings (SSSR count). The number of hydrogen-bond acceptors (Lipinski definition) is 2. The van der Waals surface area contributed by atoms with Gasteiger partial charge in [-0.1, -0.05) is 39.0 Å². The Morgan fingerprint density at radius 1 is 1.29 bits per heavy atom. The van der Waals surface area contributed by atoms with E-state index in [4.69, 9.17) is 0 Å². The second kappa shape index (κ2) is 9.24. The Labute approximate surface area is 130 Å². The van der Waals surface area contributed by atoms with Crippen LogP contribution in [0.5, 0.6) is 0 Å². The minimum Gasteiger partial charge on any atom is -0.314 e. The Bertz CT molecular complexity index is 380. The summed E-state index contributed by atoms with van der Waals surface area (Å²) in [4.78, 5) is 0. The number of rotatable bonds is 9. The highest BCUT2D eigenvalue weighted by atomic mass is 15.2. The van der Waals surface area contributed by atoms with E-state index in [1.54, 1.807) is 0 Å². The first-order chi connectivity index (χ1) is 10.3. The van der Waals surface area contributed by atoms with E-state index in [-0.39, 0.29) is 0 Å². The number of nitrogens with one attached hydrogen (secondary N) is 1. The van der Waals surface area contributed by atoms with Gasteiger partial charge in [0, 0.05) is 25.0 Å². The van der Waals surface area contributed by atoms with Gasteiger partial charge >= 0.3 is 0 Å². The molecule has 1 aromatic heterocycles. The lowest BCUT2D eigenvalue weighted by molar-refractivity contribution is 0.308. The molecule has 1 unspecified atom stereocenters. The molecule has 0 spiro atoms. The van der Waals surface area contributed by atoms with Gasteiger partial charge in [-0.25, -0.2) is 0 Å². The molecule has 0 aromatic carbocycles. The van der Waals surface area contributed by atoms with Crippen LogP contribution in [0.2, 0.25) is 0 Å². The molecule has 1 N–H and O–H groups in total. The molecule has 0 saturated heterocycles. The van der Waals surface area contributed by atoms with Crippen LogP contribution in [-0.2, 0) is 13.5 Å². The van der Waals surface area contributed by atoms with Gasteiger partial charge in [0.1, 0.15) is 0 Å². The molecule has 1 aliphatic rings. The van der Waals surface area contributed by atoms with E-state index in [1.165, 1.54) is 63.5 Å². The van der Waals surface area contributed by atoms with Crippen molar-refractivity contribution in [3.05, 3.63) is 18.0 Å². The Hall–Kier alpha value is -0.830. The lowest BCUT2D eigenvalue weighted by Gasteiger charge is -2.25. The third-order valence-corrected chi connectivity index (χ3v) is 5.00. The summed E-state index contributed by atoms with van der Waals surface area (Å²) >= 11 is 0. The average molecular weight is 291 g/mol. The molecule has 0 bridgehead atoms. The van der Waals surface area contributed by atoms with E-state index in [9.17, 15) is 0 Å². The molecule has 1 atom stereocenters. The molecule has 1 saturated carbocycles. The van der Waals surface area contributed by atoms with Gasteiger partial charge in [0.05, 0.1) is 0 Å². The first-order valence-electron chi connectivity index (χ1n) is 9.00. The summed E-state index contributed by atoms with van der Waals surface area (Å²) in [7, 11) is 2.05. The zero-order valence-corrected chi connectivity index (χ0v) is 14.0. The van der Waals surface area contributed by atoms with Crippen molar-refractivity contribution in [3.63, 3.8) is 0 Å². The van der Waals surface area contributed by atoms with Crippen LogP contribution in [0, 0.1) is 5.92 Å².